The molecule has 1 aromatic heterocycles. The van der Waals surface area contributed by atoms with Crippen molar-refractivity contribution in [2.24, 2.45) is 10.2 Å². The van der Waals surface area contributed by atoms with E-state index in [2.05, 4.69) is 33.7 Å². The maximum atomic E-state index is 12.6. The fourth-order valence-corrected chi connectivity index (χ4v) is 7.30. The van der Waals surface area contributed by atoms with E-state index in [1.807, 2.05) is 43.3 Å². The smallest absolute Gasteiger partial charge is 0.482 e. The first-order valence-corrected chi connectivity index (χ1v) is 18.9. The van der Waals surface area contributed by atoms with Gasteiger partial charge in [0.05, 0.1) is 37.5 Å². The summed E-state index contributed by atoms with van der Waals surface area (Å²) in [7, 11) is -14.0. The molecule has 0 spiro atoms. The number of carbonyl (C=O) groups is 1. The van der Waals surface area contributed by atoms with Crippen LogP contribution < -0.4 is 36.1 Å². The average molecular weight is 771 g/mol. The summed E-state index contributed by atoms with van der Waals surface area (Å²) in [4.78, 5) is 83.4. The molecule has 1 fully saturated rings. The Balaban J connectivity index is 1.31. The molecule has 2 heterocycles. The number of benzene rings is 2. The summed E-state index contributed by atoms with van der Waals surface area (Å²) in [5, 5.41) is 21.3. The molecule has 0 aliphatic carbocycles. The van der Waals surface area contributed by atoms with E-state index in [4.69, 9.17) is 9.63 Å². The summed E-state index contributed by atoms with van der Waals surface area (Å²) in [6.45, 7) is -1.07. The molecule has 0 bridgehead atoms. The Labute approximate surface area is 288 Å². The third-order valence-corrected chi connectivity index (χ3v) is 10.5. The van der Waals surface area contributed by atoms with Gasteiger partial charge in [-0.15, -0.1) is 0 Å². The molecule has 4 rings (SSSR count). The van der Waals surface area contributed by atoms with Crippen molar-refractivity contribution in [2.45, 2.75) is 24.9 Å². The molecular weight excluding hydrogens is 741 g/mol. The van der Waals surface area contributed by atoms with Crippen molar-refractivity contribution in [2.75, 3.05) is 32.1 Å². The lowest BCUT2D eigenvalue weighted by Crippen LogP contribution is -2.33. The van der Waals surface area contributed by atoms with E-state index in [9.17, 15) is 47.9 Å². The standard InChI is InChI=1S/C27H33N6O15P3/c1-32(2)21-11-9-20(10-12-21)31-30-19-7-5-17(6-8-19)25(35)28-13-3-4-18-15-33(27(37)29-26(18)36)24-14-22(34)23(46-24)16-45-50(41,42)48-51(43,44)47-49(38,39)40/h3-12,15,22-24,34H,13-14,16H2,1-2H3,(H,28,35)(H,41,42)(H,43,44)(H,29,36,37)(H2,38,39,40)/p-3/b4-3+,31-30?. The van der Waals surface area contributed by atoms with Gasteiger partial charge in [-0.2, -0.15) is 10.2 Å². The van der Waals surface area contributed by atoms with Gasteiger partial charge in [0.2, 0.25) is 0 Å². The van der Waals surface area contributed by atoms with Crippen LogP contribution in [0.25, 0.3) is 6.08 Å². The second-order valence-corrected chi connectivity index (χ2v) is 15.1. The molecule has 24 heteroatoms. The van der Waals surface area contributed by atoms with E-state index < -0.39 is 65.7 Å². The first kappa shape index (κ1) is 39.8. The summed E-state index contributed by atoms with van der Waals surface area (Å²) in [6, 6.07) is 13.8. The zero-order valence-electron chi connectivity index (χ0n) is 26.5. The minimum Gasteiger partial charge on any atom is -0.789 e. The average Bonchev–Trinajstić information content (AvgIpc) is 3.40. The molecule has 1 aliphatic rings. The first-order chi connectivity index (χ1) is 23.8. The highest BCUT2D eigenvalue weighted by Crippen LogP contribution is 2.63. The van der Waals surface area contributed by atoms with Crippen LogP contribution in [0.1, 0.15) is 28.6 Å². The van der Waals surface area contributed by atoms with Gasteiger partial charge in [0.1, 0.15) is 12.3 Å². The topological polar surface area (TPSA) is 310 Å². The third-order valence-electron chi connectivity index (χ3n) is 6.77. The summed E-state index contributed by atoms with van der Waals surface area (Å²) in [6.07, 6.45) is -0.701. The predicted molar refractivity (Wildman–Crippen MR) is 172 cm³/mol. The number of H-pyrrole nitrogens is 1. The van der Waals surface area contributed by atoms with E-state index in [0.717, 1.165) is 16.5 Å². The number of carbonyl (C=O) groups excluding carboxylic acids is 1. The Morgan fingerprint density at radius 3 is 2.25 bits per heavy atom. The van der Waals surface area contributed by atoms with E-state index >= 15 is 0 Å². The SMILES string of the molecule is CN(C)c1ccc(N=Nc2ccc(C(=O)NC/C=C/c3cn(C4CC(O)C(COP(=O)([O-])OP(=O)(O)OP(=O)([O-])[O-])O4)c(=O)[nH]c3=O)cc2)cc1. The maximum Gasteiger partial charge on any atom is 0.482 e. The van der Waals surface area contributed by atoms with Crippen LogP contribution in [-0.4, -0.2) is 64.9 Å². The lowest BCUT2D eigenvalue weighted by Gasteiger charge is -2.32. The summed E-state index contributed by atoms with van der Waals surface area (Å²) < 4.78 is 51.2. The van der Waals surface area contributed by atoms with Crippen LogP contribution in [0.3, 0.4) is 0 Å². The van der Waals surface area contributed by atoms with Crippen molar-refractivity contribution in [3.8, 4) is 0 Å². The largest absolute Gasteiger partial charge is 0.789 e. The predicted octanol–water partition coefficient (Wildman–Crippen LogP) is 0.557. The summed E-state index contributed by atoms with van der Waals surface area (Å²) in [5.41, 5.74) is 0.716. The Kier molecular flexibility index (Phi) is 13.0. The molecule has 0 saturated carbocycles. The van der Waals surface area contributed by atoms with Crippen LogP contribution in [0.15, 0.2) is 80.6 Å². The lowest BCUT2D eigenvalue weighted by molar-refractivity contribution is -0.334. The van der Waals surface area contributed by atoms with Gasteiger partial charge < -0.3 is 48.7 Å². The van der Waals surface area contributed by atoms with Crippen LogP contribution in [0.5, 0.6) is 0 Å². The highest BCUT2D eigenvalue weighted by Gasteiger charge is 2.38. The van der Waals surface area contributed by atoms with E-state index in [0.29, 0.717) is 16.9 Å². The minimum absolute atomic E-state index is 0.0236. The van der Waals surface area contributed by atoms with Crippen molar-refractivity contribution < 1.29 is 61.1 Å². The summed E-state index contributed by atoms with van der Waals surface area (Å²) >= 11 is 0. The van der Waals surface area contributed by atoms with Gasteiger partial charge >= 0.3 is 13.5 Å². The van der Waals surface area contributed by atoms with E-state index in [1.165, 1.54) is 12.2 Å². The monoisotopic (exact) mass is 771 g/mol. The molecule has 1 saturated heterocycles. The molecule has 1 amide bonds. The third kappa shape index (κ3) is 12.1. The molecule has 2 aromatic carbocycles. The second-order valence-electron chi connectivity index (χ2n) is 10.8. The Morgan fingerprint density at radius 1 is 1.06 bits per heavy atom. The van der Waals surface area contributed by atoms with Gasteiger partial charge in [-0.25, -0.2) is 13.7 Å². The van der Waals surface area contributed by atoms with Crippen molar-refractivity contribution in [3.63, 3.8) is 0 Å². The number of ether oxygens (including phenoxy) is 1. The second kappa shape index (κ2) is 16.6. The Morgan fingerprint density at radius 2 is 1.67 bits per heavy atom. The molecule has 3 aromatic rings. The maximum absolute atomic E-state index is 12.6. The van der Waals surface area contributed by atoms with Crippen molar-refractivity contribution in [3.05, 3.63) is 92.8 Å². The number of nitrogens with zero attached hydrogens (tertiary/aromatic N) is 4. The molecule has 1 aliphatic heterocycles. The van der Waals surface area contributed by atoms with Gasteiger partial charge in [-0.3, -0.25) is 28.0 Å². The molecule has 51 heavy (non-hydrogen) atoms. The fourth-order valence-electron chi connectivity index (χ4n) is 4.38. The lowest BCUT2D eigenvalue weighted by atomic mass is 10.2. The number of aromatic nitrogens is 2. The molecular formula is C27H30N6O15P3-3. The van der Waals surface area contributed by atoms with Gasteiger partial charge in [-0.1, -0.05) is 12.2 Å². The minimum atomic E-state index is -6.12. The van der Waals surface area contributed by atoms with Crippen LogP contribution in [0.4, 0.5) is 17.1 Å². The van der Waals surface area contributed by atoms with Crippen LogP contribution >= 0.6 is 23.5 Å². The molecule has 5 atom stereocenters. The number of rotatable bonds is 15. The number of aromatic amines is 1. The van der Waals surface area contributed by atoms with Crippen LogP contribution in [0.2, 0.25) is 0 Å². The number of hydrogen-bond acceptors (Lipinski definition) is 17. The molecule has 21 nitrogen and oxygen atoms in total. The van der Waals surface area contributed by atoms with Gasteiger partial charge in [-0.05, 0) is 48.5 Å². The Hall–Kier alpha value is -3.94. The van der Waals surface area contributed by atoms with Crippen molar-refractivity contribution in [1.82, 2.24) is 14.9 Å². The number of amides is 1. The number of phosphoric ester groups is 1. The van der Waals surface area contributed by atoms with Gasteiger partial charge in [0.15, 0.2) is 0 Å². The number of anilines is 1. The first-order valence-electron chi connectivity index (χ1n) is 14.5. The number of hydrogen-bond donors (Lipinski definition) is 4. The van der Waals surface area contributed by atoms with E-state index in [-0.39, 0.29) is 18.5 Å². The number of phosphoric acid groups is 3. The molecule has 5 unspecified atom stereocenters. The van der Waals surface area contributed by atoms with Gasteiger partial charge in [0.25, 0.3) is 19.3 Å². The number of azo groups is 1. The molecule has 0 radical (unpaired) electrons. The highest BCUT2D eigenvalue weighted by molar-refractivity contribution is 7.65. The fraction of sp³-hybridized carbons (Fsp3) is 0.296. The summed E-state index contributed by atoms with van der Waals surface area (Å²) in [5.74, 6) is -0.430. The zero-order chi connectivity index (χ0) is 37.6. The normalized spacial score (nSPS) is 20.3. The molecule has 276 valence electrons. The van der Waals surface area contributed by atoms with E-state index in [1.54, 1.807) is 24.3 Å². The zero-order valence-corrected chi connectivity index (χ0v) is 29.2. The van der Waals surface area contributed by atoms with Crippen LogP contribution in [-0.2, 0) is 31.6 Å². The van der Waals surface area contributed by atoms with Crippen molar-refractivity contribution in [1.29, 1.82) is 0 Å². The highest BCUT2D eigenvalue weighted by atomic mass is 31.3. The number of aliphatic hydroxyl groups is 1. The van der Waals surface area contributed by atoms with Crippen LogP contribution in [0, 0.1) is 0 Å². The quantitative estimate of drug-likeness (QED) is 0.121. The van der Waals surface area contributed by atoms with Gasteiger partial charge in [0, 0.05) is 44.5 Å². The number of aliphatic hydroxyl groups excluding tert-OH is 1. The van der Waals surface area contributed by atoms with Crippen molar-refractivity contribution >= 4 is 52.5 Å². The Bertz CT molecular complexity index is 2030. The molecule has 4 N–H and O–H groups in total. The number of nitrogens with one attached hydrogen (secondary N) is 2.